The van der Waals surface area contributed by atoms with Crippen molar-refractivity contribution in [2.45, 2.75) is 25.9 Å². The minimum atomic E-state index is -0.311. The molecule has 1 aliphatic heterocycles. The van der Waals surface area contributed by atoms with Gasteiger partial charge in [-0.25, -0.2) is 4.79 Å². The minimum absolute atomic E-state index is 0.0459. The quantitative estimate of drug-likeness (QED) is 0.781. The normalized spacial score (nSPS) is 18.6. The molecule has 1 aromatic rings. The summed E-state index contributed by atoms with van der Waals surface area (Å²) in [5, 5.41) is 4.52. The molecule has 1 fully saturated rings. The van der Waals surface area contributed by atoms with Crippen LogP contribution in [0.15, 0.2) is 22.8 Å². The Morgan fingerprint density at radius 1 is 1.56 bits per heavy atom. The molecule has 1 aliphatic rings. The van der Waals surface area contributed by atoms with Crippen molar-refractivity contribution in [3.8, 4) is 0 Å². The number of urea groups is 1. The van der Waals surface area contributed by atoms with Gasteiger partial charge in [-0.05, 0) is 26.0 Å². The second kappa shape index (κ2) is 5.22. The number of furan rings is 1. The third-order valence-electron chi connectivity index (χ3n) is 3.08. The first-order valence-corrected chi connectivity index (χ1v) is 6.07. The molecule has 0 unspecified atom stereocenters. The summed E-state index contributed by atoms with van der Waals surface area (Å²) < 4.78 is 5.29. The van der Waals surface area contributed by atoms with Crippen molar-refractivity contribution in [1.29, 1.82) is 0 Å². The zero-order valence-electron chi connectivity index (χ0n) is 10.6. The Balaban J connectivity index is 1.93. The van der Waals surface area contributed by atoms with Crippen LogP contribution in [0, 0.1) is 0 Å². The van der Waals surface area contributed by atoms with Gasteiger partial charge in [-0.1, -0.05) is 0 Å². The van der Waals surface area contributed by atoms with Gasteiger partial charge in [0.15, 0.2) is 11.8 Å². The molecule has 1 saturated heterocycles. The van der Waals surface area contributed by atoms with Crippen LogP contribution < -0.4 is 10.6 Å². The van der Waals surface area contributed by atoms with Crippen molar-refractivity contribution in [2.24, 2.45) is 0 Å². The second-order valence-corrected chi connectivity index (χ2v) is 4.51. The molecule has 18 heavy (non-hydrogen) atoms. The molecule has 1 aromatic heterocycles. The van der Waals surface area contributed by atoms with E-state index in [0.717, 1.165) is 5.76 Å². The van der Waals surface area contributed by atoms with Crippen molar-refractivity contribution < 1.29 is 19.3 Å². The highest BCUT2D eigenvalue weighted by Gasteiger charge is 2.32. The molecule has 2 heterocycles. The highest BCUT2D eigenvalue weighted by Crippen LogP contribution is 2.08. The van der Waals surface area contributed by atoms with Crippen molar-refractivity contribution in [2.75, 3.05) is 13.1 Å². The molecule has 2 rings (SSSR count). The fourth-order valence-corrected chi connectivity index (χ4v) is 2.09. The van der Waals surface area contributed by atoms with E-state index in [4.69, 9.17) is 4.42 Å². The van der Waals surface area contributed by atoms with Crippen LogP contribution in [0.1, 0.15) is 25.6 Å². The van der Waals surface area contributed by atoms with E-state index in [-0.39, 0.29) is 24.0 Å². The van der Waals surface area contributed by atoms with E-state index in [1.807, 2.05) is 24.4 Å². The first-order chi connectivity index (χ1) is 8.59. The molecule has 0 aliphatic carbocycles. The van der Waals surface area contributed by atoms with Crippen LogP contribution in [0.4, 0.5) is 4.79 Å². The number of nitrogens with zero attached hydrogens (tertiary/aromatic N) is 1. The van der Waals surface area contributed by atoms with Crippen LogP contribution in [0.3, 0.4) is 0 Å². The molecule has 0 bridgehead atoms. The Kier molecular flexibility index (Phi) is 3.66. The van der Waals surface area contributed by atoms with Gasteiger partial charge in [0, 0.05) is 13.1 Å². The summed E-state index contributed by atoms with van der Waals surface area (Å²) in [6.07, 6.45) is 1.61. The molecule has 0 radical (unpaired) electrons. The largest absolute Gasteiger partial charge is 0.463 e. The average molecular weight is 252 g/mol. The van der Waals surface area contributed by atoms with E-state index in [2.05, 4.69) is 5.32 Å². The third kappa shape index (κ3) is 2.53. The Labute approximate surface area is 105 Å². The summed E-state index contributed by atoms with van der Waals surface area (Å²) in [5.74, 6) is 0.656. The van der Waals surface area contributed by atoms with Gasteiger partial charge in [0.25, 0.3) is 5.91 Å². The Morgan fingerprint density at radius 3 is 2.89 bits per heavy atom. The lowest BCUT2D eigenvalue weighted by atomic mass is 10.2. The first kappa shape index (κ1) is 12.6. The van der Waals surface area contributed by atoms with Gasteiger partial charge in [-0.15, -0.1) is 0 Å². The maximum atomic E-state index is 12.1. The molecule has 0 aromatic carbocycles. The van der Waals surface area contributed by atoms with Crippen LogP contribution >= 0.6 is 0 Å². The molecule has 2 atom stereocenters. The number of nitrogens with one attached hydrogen (secondary N) is 1. The van der Waals surface area contributed by atoms with E-state index in [0.29, 0.717) is 13.1 Å². The van der Waals surface area contributed by atoms with Crippen molar-refractivity contribution in [3.05, 3.63) is 24.2 Å². The summed E-state index contributed by atoms with van der Waals surface area (Å²) in [4.78, 5) is 24.7. The van der Waals surface area contributed by atoms with Gasteiger partial charge < -0.3 is 15.1 Å². The second-order valence-electron chi connectivity index (χ2n) is 4.51. The summed E-state index contributed by atoms with van der Waals surface area (Å²) in [6.45, 7) is 4.75. The summed E-state index contributed by atoms with van der Waals surface area (Å²) in [5.41, 5.74) is 0. The fourth-order valence-electron chi connectivity index (χ4n) is 2.09. The zero-order valence-corrected chi connectivity index (χ0v) is 10.6. The topological polar surface area (TPSA) is 79.2 Å². The molecule has 98 valence electrons. The van der Waals surface area contributed by atoms with E-state index < -0.39 is 0 Å². The number of nitrogens with two attached hydrogens (primary N) is 1. The van der Waals surface area contributed by atoms with E-state index in [1.165, 1.54) is 4.90 Å². The van der Waals surface area contributed by atoms with Crippen LogP contribution in [0.25, 0.3) is 0 Å². The molecule has 0 spiro atoms. The molecule has 6 nitrogen and oxygen atoms in total. The maximum absolute atomic E-state index is 12.1. The number of rotatable bonds is 4. The van der Waals surface area contributed by atoms with Crippen molar-refractivity contribution in [1.82, 2.24) is 10.2 Å². The van der Waals surface area contributed by atoms with Crippen LogP contribution in [0.2, 0.25) is 0 Å². The summed E-state index contributed by atoms with van der Waals surface area (Å²) in [7, 11) is 0. The number of carbonyl (C=O) groups is 2. The standard InChI is InChI=1S/C12H17N3O3/c1-8(10-4-3-7-18-10)14-9(2)11(16)15-6-5-13-12(15)17/h3-4,7-9,14H,5-6H2,1-2H3,(H,13,17)/p+1/t8-,9-/m0/s1. The Morgan fingerprint density at radius 2 is 2.33 bits per heavy atom. The minimum Gasteiger partial charge on any atom is -0.463 e. The number of hydrogen-bond donors (Lipinski definition) is 2. The zero-order chi connectivity index (χ0) is 13.1. The Hall–Kier alpha value is -1.82. The lowest BCUT2D eigenvalue weighted by Gasteiger charge is -2.18. The van der Waals surface area contributed by atoms with Gasteiger partial charge in [0.05, 0.1) is 6.26 Å². The van der Waals surface area contributed by atoms with E-state index in [1.54, 1.807) is 13.2 Å². The first-order valence-electron chi connectivity index (χ1n) is 6.07. The molecule has 3 N–H and O–H groups in total. The lowest BCUT2D eigenvalue weighted by molar-refractivity contribution is -0.712. The van der Waals surface area contributed by atoms with Gasteiger partial charge in [-0.2, -0.15) is 0 Å². The fraction of sp³-hybridized carbons (Fsp3) is 0.500. The van der Waals surface area contributed by atoms with Crippen LogP contribution in [-0.4, -0.2) is 36.0 Å². The predicted molar refractivity (Wildman–Crippen MR) is 63.6 cm³/mol. The molecular formula is C12H18N3O3+. The summed E-state index contributed by atoms with van der Waals surface area (Å²) >= 11 is 0. The van der Waals surface area contributed by atoms with E-state index >= 15 is 0 Å². The van der Waals surface area contributed by atoms with Crippen molar-refractivity contribution in [3.63, 3.8) is 0 Å². The number of amides is 3. The molecule has 0 saturated carbocycles. The van der Waals surface area contributed by atoms with Gasteiger partial charge in [0.1, 0.15) is 6.04 Å². The van der Waals surface area contributed by atoms with Crippen molar-refractivity contribution >= 4 is 11.9 Å². The highest BCUT2D eigenvalue weighted by molar-refractivity contribution is 5.97. The highest BCUT2D eigenvalue weighted by atomic mass is 16.3. The van der Waals surface area contributed by atoms with Gasteiger partial charge >= 0.3 is 6.03 Å². The van der Waals surface area contributed by atoms with Crippen LogP contribution in [0.5, 0.6) is 0 Å². The predicted octanol–water partition coefficient (Wildman–Crippen LogP) is -0.156. The SMILES string of the molecule is C[C@H]([NH2+][C@@H](C)c1ccco1)C(=O)N1CCNC1=O. The van der Waals surface area contributed by atoms with Crippen LogP contribution in [-0.2, 0) is 4.79 Å². The Bertz CT molecular complexity index is 430. The lowest BCUT2D eigenvalue weighted by Crippen LogP contribution is -2.92. The molecule has 6 heteroatoms. The number of hydrogen-bond acceptors (Lipinski definition) is 3. The number of carbonyl (C=O) groups excluding carboxylic acids is 2. The van der Waals surface area contributed by atoms with Gasteiger partial charge in [-0.3, -0.25) is 9.69 Å². The maximum Gasteiger partial charge on any atom is 0.324 e. The number of quaternary nitrogens is 1. The third-order valence-corrected chi connectivity index (χ3v) is 3.08. The van der Waals surface area contributed by atoms with Gasteiger partial charge in [0.2, 0.25) is 0 Å². The molecule has 3 amide bonds. The molecular weight excluding hydrogens is 234 g/mol. The monoisotopic (exact) mass is 252 g/mol. The number of imide groups is 1. The average Bonchev–Trinajstić information content (AvgIpc) is 2.98. The smallest absolute Gasteiger partial charge is 0.324 e. The van der Waals surface area contributed by atoms with E-state index in [9.17, 15) is 9.59 Å². The summed E-state index contributed by atoms with van der Waals surface area (Å²) in [6, 6.07) is 3.13.